The molecule has 0 spiro atoms. The molecule has 0 saturated carbocycles. The summed E-state index contributed by atoms with van der Waals surface area (Å²) < 4.78 is 0.876. The molecule has 126 valence electrons. The van der Waals surface area contributed by atoms with Gasteiger partial charge in [-0.2, -0.15) is 0 Å². The first-order chi connectivity index (χ1) is 11.6. The molecular weight excluding hydrogens is 372 g/mol. The number of hydrogen-bond acceptors (Lipinski definition) is 5. The second kappa shape index (κ2) is 7.63. The molecule has 1 fully saturated rings. The van der Waals surface area contributed by atoms with Gasteiger partial charge in [0.15, 0.2) is 0 Å². The van der Waals surface area contributed by atoms with Crippen molar-refractivity contribution in [2.24, 2.45) is 0 Å². The summed E-state index contributed by atoms with van der Waals surface area (Å²) in [5.74, 6) is 0.780. The molecule has 2 heterocycles. The summed E-state index contributed by atoms with van der Waals surface area (Å²) in [7, 11) is 0. The average Bonchev–Trinajstić information content (AvgIpc) is 2.58. The fourth-order valence-electron chi connectivity index (χ4n) is 2.71. The number of nitrogens with one attached hydrogen (secondary N) is 1. The Morgan fingerprint density at radius 1 is 1.17 bits per heavy atom. The van der Waals surface area contributed by atoms with Gasteiger partial charge in [-0.25, -0.2) is 4.98 Å². The van der Waals surface area contributed by atoms with Gasteiger partial charge in [0.25, 0.3) is 0 Å². The van der Waals surface area contributed by atoms with Gasteiger partial charge in [-0.05, 0) is 40.2 Å². The summed E-state index contributed by atoms with van der Waals surface area (Å²) in [6.45, 7) is 3.44. The van der Waals surface area contributed by atoms with E-state index in [0.29, 0.717) is 18.1 Å². The van der Waals surface area contributed by atoms with Crippen LogP contribution in [0.5, 0.6) is 5.75 Å². The maximum absolute atomic E-state index is 12.1. The number of hydrogen-bond donors (Lipinski definition) is 2. The molecule has 24 heavy (non-hydrogen) atoms. The Hall–Kier alpha value is -2.12. The molecule has 0 bridgehead atoms. The van der Waals surface area contributed by atoms with Crippen LogP contribution in [0.3, 0.4) is 0 Å². The summed E-state index contributed by atoms with van der Waals surface area (Å²) in [5, 5.41) is 12.7. The number of rotatable bonds is 4. The number of amides is 1. The number of anilines is 2. The zero-order chi connectivity index (χ0) is 16.9. The van der Waals surface area contributed by atoms with Gasteiger partial charge in [-0.1, -0.05) is 12.1 Å². The first-order valence-electron chi connectivity index (χ1n) is 7.78. The van der Waals surface area contributed by atoms with Crippen LogP contribution in [0.25, 0.3) is 0 Å². The summed E-state index contributed by atoms with van der Waals surface area (Å²) in [5.41, 5.74) is 0.848. The van der Waals surface area contributed by atoms with E-state index in [-0.39, 0.29) is 5.91 Å². The Labute approximate surface area is 149 Å². The monoisotopic (exact) mass is 390 g/mol. The van der Waals surface area contributed by atoms with Gasteiger partial charge in [0.1, 0.15) is 11.6 Å². The van der Waals surface area contributed by atoms with Crippen LogP contribution < -0.4 is 10.2 Å². The van der Waals surface area contributed by atoms with E-state index in [1.54, 1.807) is 18.3 Å². The maximum atomic E-state index is 12.1. The van der Waals surface area contributed by atoms with Crippen molar-refractivity contribution < 1.29 is 9.90 Å². The number of phenols is 1. The molecule has 0 radical (unpaired) electrons. The number of phenolic OH excluding ortho intramolecular Hbond substituents is 1. The number of benzene rings is 1. The lowest BCUT2D eigenvalue weighted by Crippen LogP contribution is -2.48. The van der Waals surface area contributed by atoms with E-state index in [1.807, 2.05) is 24.3 Å². The van der Waals surface area contributed by atoms with Crippen LogP contribution in [0.1, 0.15) is 0 Å². The predicted octanol–water partition coefficient (Wildman–Crippen LogP) is 2.31. The predicted molar refractivity (Wildman–Crippen MR) is 97.3 cm³/mol. The SMILES string of the molecule is O=C(CN1CCN(c2ccccc2O)CC1)Nc1ccc(Br)cn1. The van der Waals surface area contributed by atoms with E-state index < -0.39 is 0 Å². The second-order valence-corrected chi connectivity index (χ2v) is 6.58. The van der Waals surface area contributed by atoms with Gasteiger partial charge in [0, 0.05) is 36.8 Å². The molecule has 1 aliphatic rings. The Morgan fingerprint density at radius 2 is 1.92 bits per heavy atom. The number of aromatic hydroxyl groups is 1. The smallest absolute Gasteiger partial charge is 0.239 e. The third-order valence-corrected chi connectivity index (χ3v) is 4.43. The van der Waals surface area contributed by atoms with Crippen LogP contribution in [0, 0.1) is 0 Å². The average molecular weight is 391 g/mol. The van der Waals surface area contributed by atoms with Crippen molar-refractivity contribution in [1.82, 2.24) is 9.88 Å². The molecule has 1 aliphatic heterocycles. The van der Waals surface area contributed by atoms with E-state index in [1.165, 1.54) is 0 Å². The summed E-state index contributed by atoms with van der Waals surface area (Å²) in [6.07, 6.45) is 1.65. The molecule has 3 rings (SSSR count). The van der Waals surface area contributed by atoms with Gasteiger partial charge in [-0.3, -0.25) is 9.69 Å². The normalized spacial score (nSPS) is 15.3. The molecule has 1 saturated heterocycles. The number of carbonyl (C=O) groups is 1. The van der Waals surface area contributed by atoms with Crippen LogP contribution in [0.15, 0.2) is 47.1 Å². The van der Waals surface area contributed by atoms with Crippen LogP contribution in [0.4, 0.5) is 11.5 Å². The Kier molecular flexibility index (Phi) is 5.32. The van der Waals surface area contributed by atoms with E-state index in [0.717, 1.165) is 36.3 Å². The second-order valence-electron chi connectivity index (χ2n) is 5.66. The molecule has 7 heteroatoms. The van der Waals surface area contributed by atoms with E-state index >= 15 is 0 Å². The molecular formula is C17H19BrN4O2. The third kappa shape index (κ3) is 4.24. The van der Waals surface area contributed by atoms with Gasteiger partial charge in [0.2, 0.25) is 5.91 Å². The molecule has 1 amide bonds. The van der Waals surface area contributed by atoms with Gasteiger partial charge in [0.05, 0.1) is 12.2 Å². The number of aromatic nitrogens is 1. The first kappa shape index (κ1) is 16.7. The molecule has 0 unspecified atom stereocenters. The van der Waals surface area contributed by atoms with E-state index in [4.69, 9.17) is 0 Å². The zero-order valence-electron chi connectivity index (χ0n) is 13.2. The van der Waals surface area contributed by atoms with Crippen molar-refractivity contribution in [1.29, 1.82) is 0 Å². The lowest BCUT2D eigenvalue weighted by Gasteiger charge is -2.35. The van der Waals surface area contributed by atoms with Gasteiger partial charge >= 0.3 is 0 Å². The summed E-state index contributed by atoms with van der Waals surface area (Å²) >= 11 is 3.32. The number of halogens is 1. The van der Waals surface area contributed by atoms with Gasteiger partial charge in [-0.15, -0.1) is 0 Å². The van der Waals surface area contributed by atoms with Gasteiger partial charge < -0.3 is 15.3 Å². The number of carbonyl (C=O) groups excluding carboxylic acids is 1. The standard InChI is InChI=1S/C17H19BrN4O2/c18-13-5-6-16(19-11-13)20-17(24)12-21-7-9-22(10-8-21)14-3-1-2-4-15(14)23/h1-6,11,23H,7-10,12H2,(H,19,20,24). The molecule has 6 nitrogen and oxygen atoms in total. The van der Waals surface area contributed by atoms with Crippen molar-refractivity contribution in [3.05, 3.63) is 47.1 Å². The maximum Gasteiger partial charge on any atom is 0.239 e. The minimum absolute atomic E-state index is 0.0687. The number of pyridine rings is 1. The fraction of sp³-hybridized carbons (Fsp3) is 0.294. The molecule has 0 aliphatic carbocycles. The minimum atomic E-state index is -0.0687. The summed E-state index contributed by atoms with van der Waals surface area (Å²) in [4.78, 5) is 20.5. The molecule has 0 atom stereocenters. The van der Waals surface area contributed by atoms with Crippen molar-refractivity contribution in [3.8, 4) is 5.75 Å². The lowest BCUT2D eigenvalue weighted by atomic mass is 10.2. The number of para-hydroxylation sites is 2. The Balaban J connectivity index is 1.49. The molecule has 1 aromatic carbocycles. The first-order valence-corrected chi connectivity index (χ1v) is 8.58. The quantitative estimate of drug-likeness (QED) is 0.838. The number of piperazine rings is 1. The zero-order valence-corrected chi connectivity index (χ0v) is 14.7. The van der Waals surface area contributed by atoms with E-state index in [2.05, 4.69) is 36.0 Å². The Bertz CT molecular complexity index is 700. The van der Waals surface area contributed by atoms with Crippen LogP contribution in [-0.2, 0) is 4.79 Å². The van der Waals surface area contributed by atoms with Crippen LogP contribution in [-0.4, -0.2) is 53.6 Å². The van der Waals surface area contributed by atoms with Crippen molar-refractivity contribution in [2.45, 2.75) is 0 Å². The molecule has 1 aromatic heterocycles. The van der Waals surface area contributed by atoms with Crippen molar-refractivity contribution in [2.75, 3.05) is 42.9 Å². The van der Waals surface area contributed by atoms with Crippen LogP contribution >= 0.6 is 15.9 Å². The number of nitrogens with zero attached hydrogens (tertiary/aromatic N) is 3. The lowest BCUT2D eigenvalue weighted by molar-refractivity contribution is -0.117. The third-order valence-electron chi connectivity index (χ3n) is 3.96. The largest absolute Gasteiger partial charge is 0.506 e. The van der Waals surface area contributed by atoms with Crippen molar-refractivity contribution >= 4 is 33.3 Å². The highest BCUT2D eigenvalue weighted by Gasteiger charge is 2.20. The molecule has 2 aromatic rings. The fourth-order valence-corrected chi connectivity index (χ4v) is 2.95. The highest BCUT2D eigenvalue weighted by atomic mass is 79.9. The van der Waals surface area contributed by atoms with E-state index in [9.17, 15) is 9.90 Å². The highest BCUT2D eigenvalue weighted by Crippen LogP contribution is 2.27. The van der Waals surface area contributed by atoms with Crippen molar-refractivity contribution in [3.63, 3.8) is 0 Å². The summed E-state index contributed by atoms with van der Waals surface area (Å²) in [6, 6.07) is 10.9. The van der Waals surface area contributed by atoms with Crippen LogP contribution in [0.2, 0.25) is 0 Å². The minimum Gasteiger partial charge on any atom is -0.506 e. The Morgan fingerprint density at radius 3 is 2.58 bits per heavy atom. The molecule has 2 N–H and O–H groups in total. The highest BCUT2D eigenvalue weighted by molar-refractivity contribution is 9.10. The topological polar surface area (TPSA) is 68.7 Å².